The van der Waals surface area contributed by atoms with Gasteiger partial charge in [0.15, 0.2) is 6.61 Å². The Hall–Kier alpha value is -3.10. The zero-order valence-electron chi connectivity index (χ0n) is 21.1. The summed E-state index contributed by atoms with van der Waals surface area (Å²) in [5, 5.41) is 0.617. The zero-order chi connectivity index (χ0) is 26.6. The number of ether oxygens (including phenoxy) is 2. The van der Waals surface area contributed by atoms with Crippen molar-refractivity contribution in [2.45, 2.75) is 6.04 Å². The second-order valence-corrected chi connectivity index (χ2v) is 10.2. The highest BCUT2D eigenvalue weighted by Gasteiger charge is 2.32. The van der Waals surface area contributed by atoms with Crippen molar-refractivity contribution in [3.05, 3.63) is 82.3 Å². The monoisotopic (exact) mass is 553 g/mol. The van der Waals surface area contributed by atoms with E-state index in [1.807, 2.05) is 18.2 Å². The molecule has 2 aliphatic heterocycles. The molecule has 0 bridgehead atoms. The van der Waals surface area contributed by atoms with Crippen LogP contribution in [0.2, 0.25) is 10.0 Å². The molecule has 3 aromatic rings. The molecule has 1 saturated heterocycles. The molecule has 38 heavy (non-hydrogen) atoms. The van der Waals surface area contributed by atoms with Crippen LogP contribution in [0, 0.1) is 0 Å². The second-order valence-electron chi connectivity index (χ2n) is 9.42. The Bertz CT molecular complexity index is 1300. The van der Waals surface area contributed by atoms with E-state index < -0.39 is 0 Å². The predicted octanol–water partition coefficient (Wildman–Crippen LogP) is 4.92. The van der Waals surface area contributed by atoms with Gasteiger partial charge in [-0.1, -0.05) is 77.8 Å². The Morgan fingerprint density at radius 1 is 0.974 bits per heavy atom. The second kappa shape index (κ2) is 11.7. The van der Waals surface area contributed by atoms with Crippen molar-refractivity contribution in [2.75, 3.05) is 57.9 Å². The number of likely N-dealkylation sites (N-methyl/N-ethyl adjacent to an activating group) is 1. The van der Waals surface area contributed by atoms with Crippen molar-refractivity contribution in [3.63, 3.8) is 0 Å². The van der Waals surface area contributed by atoms with E-state index in [1.165, 1.54) is 4.90 Å². The lowest BCUT2D eigenvalue weighted by Crippen LogP contribution is -2.48. The van der Waals surface area contributed by atoms with Gasteiger partial charge in [0.05, 0.1) is 35.0 Å². The summed E-state index contributed by atoms with van der Waals surface area (Å²) in [6.45, 7) is 3.29. The van der Waals surface area contributed by atoms with Gasteiger partial charge in [0.1, 0.15) is 12.3 Å². The number of carbonyl (C=O) groups is 2. The van der Waals surface area contributed by atoms with Gasteiger partial charge in [0.25, 0.3) is 5.91 Å². The fraction of sp³-hybridized carbons (Fsp3) is 0.310. The summed E-state index contributed by atoms with van der Waals surface area (Å²) < 4.78 is 11.1. The summed E-state index contributed by atoms with van der Waals surface area (Å²) in [5.41, 5.74) is 3.71. The quantitative estimate of drug-likeness (QED) is 0.415. The van der Waals surface area contributed by atoms with Gasteiger partial charge >= 0.3 is 0 Å². The van der Waals surface area contributed by atoms with E-state index >= 15 is 0 Å². The Morgan fingerprint density at radius 3 is 2.34 bits per heavy atom. The molecule has 2 aliphatic rings. The average molecular weight is 554 g/mol. The summed E-state index contributed by atoms with van der Waals surface area (Å²) in [6.07, 6.45) is 0. The molecule has 0 aliphatic carbocycles. The Morgan fingerprint density at radius 2 is 1.63 bits per heavy atom. The van der Waals surface area contributed by atoms with Gasteiger partial charge in [-0.25, -0.2) is 0 Å². The van der Waals surface area contributed by atoms with Crippen molar-refractivity contribution in [3.8, 4) is 16.9 Å². The molecule has 9 heteroatoms. The van der Waals surface area contributed by atoms with Crippen LogP contribution in [0.3, 0.4) is 0 Å². The summed E-state index contributed by atoms with van der Waals surface area (Å²) in [5.74, 6) is -0.0759. The summed E-state index contributed by atoms with van der Waals surface area (Å²) in [6, 6.07) is 21.4. The molecule has 1 fully saturated rings. The van der Waals surface area contributed by atoms with Crippen LogP contribution in [0.4, 0.5) is 5.69 Å². The molecule has 0 aromatic heterocycles. The van der Waals surface area contributed by atoms with Crippen LogP contribution in [0.15, 0.2) is 66.7 Å². The van der Waals surface area contributed by atoms with Gasteiger partial charge in [-0.05, 0) is 22.8 Å². The molecule has 3 aromatic carbocycles. The lowest BCUT2D eigenvalue weighted by atomic mass is 9.99. The Balaban J connectivity index is 1.39. The van der Waals surface area contributed by atoms with Crippen molar-refractivity contribution in [1.82, 2.24) is 9.80 Å². The lowest BCUT2D eigenvalue weighted by Gasteiger charge is -2.37. The molecule has 0 N–H and O–H groups in total. The van der Waals surface area contributed by atoms with Crippen molar-refractivity contribution in [2.24, 2.45) is 0 Å². The number of fused-ring (bicyclic) bond motifs is 1. The van der Waals surface area contributed by atoms with Gasteiger partial charge in [0.2, 0.25) is 5.91 Å². The highest BCUT2D eigenvalue weighted by atomic mass is 35.5. The largest absolute Gasteiger partial charge is 0.482 e. The minimum Gasteiger partial charge on any atom is -0.482 e. The van der Waals surface area contributed by atoms with E-state index in [9.17, 15) is 9.59 Å². The summed E-state index contributed by atoms with van der Waals surface area (Å²) in [7, 11) is 1.79. The molecule has 5 rings (SSSR count). The summed E-state index contributed by atoms with van der Waals surface area (Å²) in [4.78, 5) is 31.9. The van der Waals surface area contributed by atoms with Gasteiger partial charge in [0, 0.05) is 32.7 Å². The molecule has 0 unspecified atom stereocenters. The van der Waals surface area contributed by atoms with Gasteiger partial charge in [-0.3, -0.25) is 19.4 Å². The van der Waals surface area contributed by atoms with Gasteiger partial charge in [-0.15, -0.1) is 0 Å². The number of hydrogen-bond donors (Lipinski definition) is 0. The number of hydrogen-bond acceptors (Lipinski definition) is 5. The Kier molecular flexibility index (Phi) is 8.19. The minimum atomic E-state index is -0.311. The molecule has 0 radical (unpaired) electrons. The maximum atomic E-state index is 13.7. The first-order valence-corrected chi connectivity index (χ1v) is 13.3. The first kappa shape index (κ1) is 26.5. The smallest absolute Gasteiger partial charge is 0.265 e. The lowest BCUT2D eigenvalue weighted by molar-refractivity contribution is -0.133. The highest BCUT2D eigenvalue weighted by Crippen LogP contribution is 2.39. The highest BCUT2D eigenvalue weighted by molar-refractivity contribution is 6.42. The maximum Gasteiger partial charge on any atom is 0.265 e. The van der Waals surface area contributed by atoms with Crippen LogP contribution < -0.4 is 9.64 Å². The van der Waals surface area contributed by atoms with Gasteiger partial charge < -0.3 is 14.4 Å². The molecule has 198 valence electrons. The fourth-order valence-electron chi connectivity index (χ4n) is 4.80. The van der Waals surface area contributed by atoms with Gasteiger partial charge in [-0.2, -0.15) is 0 Å². The van der Waals surface area contributed by atoms with Crippen molar-refractivity contribution in [1.29, 1.82) is 0 Å². The number of halogens is 2. The first-order chi connectivity index (χ1) is 18.4. The molecular weight excluding hydrogens is 525 g/mol. The zero-order valence-corrected chi connectivity index (χ0v) is 22.6. The molecular formula is C29H29Cl2N3O4. The first-order valence-electron chi connectivity index (χ1n) is 12.5. The number of morpholine rings is 1. The normalized spacial score (nSPS) is 16.5. The molecule has 7 nitrogen and oxygen atoms in total. The number of benzene rings is 3. The van der Waals surface area contributed by atoms with Crippen LogP contribution >= 0.6 is 23.2 Å². The third-order valence-corrected chi connectivity index (χ3v) is 7.76. The van der Waals surface area contributed by atoms with E-state index in [4.69, 9.17) is 32.7 Å². The van der Waals surface area contributed by atoms with Crippen molar-refractivity contribution >= 4 is 40.7 Å². The van der Waals surface area contributed by atoms with E-state index in [0.29, 0.717) is 41.2 Å². The van der Waals surface area contributed by atoms with Crippen LogP contribution in [-0.2, 0) is 14.3 Å². The molecule has 0 saturated carbocycles. The third kappa shape index (κ3) is 5.81. The number of anilines is 1. The maximum absolute atomic E-state index is 13.7. The van der Waals surface area contributed by atoms with Crippen LogP contribution in [0.5, 0.6) is 5.75 Å². The van der Waals surface area contributed by atoms with E-state index in [2.05, 4.69) is 41.3 Å². The average Bonchev–Trinajstić information content (AvgIpc) is 2.95. The standard InChI is InChI=1S/C29H29Cl2N3O4/c1-32(28(35)18-34-25-15-23(30)24(31)16-27(25)38-19-29(34)36)26(17-33-11-13-37-14-12-33)22-9-7-21(8-10-22)20-5-3-2-4-6-20/h2-10,15-16,26H,11-14,17-19H2,1H3/t26-/m0/s1. The molecule has 2 amide bonds. The third-order valence-electron chi connectivity index (χ3n) is 7.04. The number of nitrogens with zero attached hydrogens (tertiary/aromatic N) is 3. The summed E-state index contributed by atoms with van der Waals surface area (Å²) >= 11 is 12.4. The number of carbonyl (C=O) groups excluding carboxylic acids is 2. The van der Waals surface area contributed by atoms with E-state index in [0.717, 1.165) is 29.8 Å². The topological polar surface area (TPSA) is 62.3 Å². The number of amides is 2. The van der Waals surface area contributed by atoms with Crippen LogP contribution in [0.1, 0.15) is 11.6 Å². The van der Waals surface area contributed by atoms with E-state index in [-0.39, 0.29) is 31.0 Å². The SMILES string of the molecule is CN(C(=O)CN1C(=O)COc2cc(Cl)c(Cl)cc21)[C@@H](CN1CCOCC1)c1ccc(-c2ccccc2)cc1. The minimum absolute atomic E-state index is 0.134. The van der Waals surface area contributed by atoms with Crippen LogP contribution in [0.25, 0.3) is 11.1 Å². The fourth-order valence-corrected chi connectivity index (χ4v) is 5.11. The molecule has 2 heterocycles. The Labute approximate surface area is 232 Å². The predicted molar refractivity (Wildman–Crippen MR) is 149 cm³/mol. The number of rotatable bonds is 7. The molecule has 1 atom stereocenters. The van der Waals surface area contributed by atoms with E-state index in [1.54, 1.807) is 24.1 Å². The van der Waals surface area contributed by atoms with Crippen LogP contribution in [-0.4, -0.2) is 74.7 Å². The molecule has 0 spiro atoms. The van der Waals surface area contributed by atoms with Crippen molar-refractivity contribution < 1.29 is 19.1 Å².